The lowest BCUT2D eigenvalue weighted by molar-refractivity contribution is 0.0699. The molecule has 0 aliphatic carbocycles. The van der Waals surface area contributed by atoms with Crippen LogP contribution in [0.5, 0.6) is 11.5 Å². The fourth-order valence-corrected chi connectivity index (χ4v) is 2.48. The molecule has 0 spiro atoms. The lowest BCUT2D eigenvalue weighted by atomic mass is 10.1. The summed E-state index contributed by atoms with van der Waals surface area (Å²) in [5.41, 5.74) is 1.23. The second-order valence-electron chi connectivity index (χ2n) is 5.13. The van der Waals surface area contributed by atoms with Crippen LogP contribution in [0, 0.1) is 0 Å². The molecule has 0 bridgehead atoms. The Morgan fingerprint density at radius 1 is 1.05 bits per heavy atom. The molecule has 0 amide bonds. The molecule has 0 saturated carbocycles. The number of hydrogen-bond donors (Lipinski definition) is 1. The fourth-order valence-electron chi connectivity index (χ4n) is 2.48. The third-order valence-electron chi connectivity index (χ3n) is 3.57. The maximum atomic E-state index is 5.70. The number of hydrogen-bond acceptors (Lipinski definition) is 4. The van der Waals surface area contributed by atoms with Gasteiger partial charge in [0.1, 0.15) is 0 Å². The second kappa shape index (κ2) is 6.26. The van der Waals surface area contributed by atoms with Crippen molar-refractivity contribution in [3.05, 3.63) is 23.8 Å². The Bertz CT molecular complexity index is 416. The average molecular weight is 263 g/mol. The Kier molecular flexibility index (Phi) is 4.20. The van der Waals surface area contributed by atoms with E-state index in [1.165, 1.54) is 12.0 Å². The summed E-state index contributed by atoms with van der Waals surface area (Å²) >= 11 is 0. The quantitative estimate of drug-likeness (QED) is 0.906. The van der Waals surface area contributed by atoms with Crippen LogP contribution in [0.4, 0.5) is 0 Å². The molecule has 2 heterocycles. The lowest BCUT2D eigenvalue weighted by Crippen LogP contribution is -2.36. The third-order valence-corrected chi connectivity index (χ3v) is 3.57. The lowest BCUT2D eigenvalue weighted by Gasteiger charge is -2.23. The van der Waals surface area contributed by atoms with E-state index in [0.717, 1.165) is 57.3 Å². The van der Waals surface area contributed by atoms with Gasteiger partial charge >= 0.3 is 0 Å². The Morgan fingerprint density at radius 2 is 1.95 bits per heavy atom. The van der Waals surface area contributed by atoms with Gasteiger partial charge in [-0.15, -0.1) is 0 Å². The van der Waals surface area contributed by atoms with Crippen molar-refractivity contribution in [2.75, 3.05) is 26.4 Å². The summed E-state index contributed by atoms with van der Waals surface area (Å²) in [6.45, 7) is 4.06. The van der Waals surface area contributed by atoms with Gasteiger partial charge in [0.25, 0.3) is 0 Å². The molecule has 0 aromatic heterocycles. The summed E-state index contributed by atoms with van der Waals surface area (Å²) in [6, 6.07) is 6.67. The van der Waals surface area contributed by atoms with Crippen molar-refractivity contribution in [2.24, 2.45) is 0 Å². The molecule has 1 atom stereocenters. The number of fused-ring (bicyclic) bond motifs is 1. The first kappa shape index (κ1) is 12.8. The molecular formula is C15H21NO3. The molecule has 104 valence electrons. The summed E-state index contributed by atoms with van der Waals surface area (Å²) in [6.07, 6.45) is 3.30. The van der Waals surface area contributed by atoms with E-state index in [9.17, 15) is 0 Å². The fraction of sp³-hybridized carbons (Fsp3) is 0.600. The van der Waals surface area contributed by atoms with Crippen LogP contribution in [0.1, 0.15) is 24.8 Å². The predicted molar refractivity (Wildman–Crippen MR) is 72.7 cm³/mol. The summed E-state index contributed by atoms with van der Waals surface area (Å²) in [4.78, 5) is 0. The highest BCUT2D eigenvalue weighted by atomic mass is 16.5. The molecule has 4 nitrogen and oxygen atoms in total. The highest BCUT2D eigenvalue weighted by Gasteiger charge is 2.14. The van der Waals surface area contributed by atoms with Crippen LogP contribution in [0.15, 0.2) is 18.2 Å². The standard InChI is InChI=1S/C15H21NO3/c1-3-13(11-17-6-1)16-10-12-4-5-14-15(9-12)19-8-2-7-18-14/h4-5,9,13,16H,1-3,6-8,10-11H2/t13-/m1/s1. The van der Waals surface area contributed by atoms with Crippen molar-refractivity contribution >= 4 is 0 Å². The molecule has 0 radical (unpaired) electrons. The number of rotatable bonds is 3. The summed E-state index contributed by atoms with van der Waals surface area (Å²) < 4.78 is 16.8. The van der Waals surface area contributed by atoms with Gasteiger partial charge in [0.15, 0.2) is 11.5 Å². The molecule has 3 rings (SSSR count). The summed E-state index contributed by atoms with van der Waals surface area (Å²) in [5.74, 6) is 1.74. The highest BCUT2D eigenvalue weighted by molar-refractivity contribution is 5.43. The van der Waals surface area contributed by atoms with Crippen molar-refractivity contribution in [2.45, 2.75) is 31.8 Å². The zero-order valence-electron chi connectivity index (χ0n) is 11.2. The van der Waals surface area contributed by atoms with Gasteiger partial charge in [-0.05, 0) is 30.5 Å². The molecular weight excluding hydrogens is 242 g/mol. The van der Waals surface area contributed by atoms with E-state index in [2.05, 4.69) is 17.4 Å². The molecule has 2 aliphatic heterocycles. The molecule has 1 aromatic rings. The number of ether oxygens (including phenoxy) is 3. The normalized spacial score (nSPS) is 22.8. The van der Waals surface area contributed by atoms with Gasteiger partial charge in [0.2, 0.25) is 0 Å². The third kappa shape index (κ3) is 3.39. The maximum absolute atomic E-state index is 5.70. The van der Waals surface area contributed by atoms with Gasteiger partial charge in [-0.25, -0.2) is 0 Å². The van der Waals surface area contributed by atoms with Crippen LogP contribution in [0.2, 0.25) is 0 Å². The largest absolute Gasteiger partial charge is 0.490 e. The monoisotopic (exact) mass is 263 g/mol. The van der Waals surface area contributed by atoms with Crippen LogP contribution in [0.25, 0.3) is 0 Å². The van der Waals surface area contributed by atoms with E-state index in [1.54, 1.807) is 0 Å². The number of nitrogens with one attached hydrogen (secondary N) is 1. The topological polar surface area (TPSA) is 39.7 Å². The maximum Gasteiger partial charge on any atom is 0.161 e. The SMILES string of the molecule is c1cc2c(cc1CN[C@@H]1CCCOC1)OCCCO2. The van der Waals surface area contributed by atoms with Gasteiger partial charge in [-0.1, -0.05) is 6.07 Å². The van der Waals surface area contributed by atoms with Crippen molar-refractivity contribution in [3.8, 4) is 11.5 Å². The summed E-state index contributed by atoms with van der Waals surface area (Å²) in [7, 11) is 0. The molecule has 19 heavy (non-hydrogen) atoms. The first-order valence-corrected chi connectivity index (χ1v) is 7.11. The van der Waals surface area contributed by atoms with E-state index in [4.69, 9.17) is 14.2 Å². The van der Waals surface area contributed by atoms with Crippen LogP contribution < -0.4 is 14.8 Å². The first-order chi connectivity index (χ1) is 9.42. The Hall–Kier alpha value is -1.26. The average Bonchev–Trinajstić information content (AvgIpc) is 2.71. The molecule has 1 fully saturated rings. The van der Waals surface area contributed by atoms with Crippen LogP contribution in [0.3, 0.4) is 0 Å². The van der Waals surface area contributed by atoms with E-state index in [1.807, 2.05) is 6.07 Å². The van der Waals surface area contributed by atoms with Gasteiger partial charge in [-0.3, -0.25) is 0 Å². The van der Waals surface area contributed by atoms with Crippen molar-refractivity contribution < 1.29 is 14.2 Å². The van der Waals surface area contributed by atoms with Crippen molar-refractivity contribution in [1.29, 1.82) is 0 Å². The Labute approximate surface area is 114 Å². The van der Waals surface area contributed by atoms with Crippen LogP contribution in [-0.4, -0.2) is 32.5 Å². The van der Waals surface area contributed by atoms with E-state index < -0.39 is 0 Å². The minimum atomic E-state index is 0.477. The van der Waals surface area contributed by atoms with E-state index in [-0.39, 0.29) is 0 Å². The minimum absolute atomic E-state index is 0.477. The zero-order valence-corrected chi connectivity index (χ0v) is 11.2. The van der Waals surface area contributed by atoms with Crippen molar-refractivity contribution in [1.82, 2.24) is 5.32 Å². The second-order valence-corrected chi connectivity index (χ2v) is 5.13. The first-order valence-electron chi connectivity index (χ1n) is 7.11. The van der Waals surface area contributed by atoms with Gasteiger partial charge in [0, 0.05) is 25.6 Å². The predicted octanol–water partition coefficient (Wildman–Crippen LogP) is 2.12. The van der Waals surface area contributed by atoms with Crippen LogP contribution in [-0.2, 0) is 11.3 Å². The number of benzene rings is 1. The zero-order chi connectivity index (χ0) is 12.9. The molecule has 2 aliphatic rings. The molecule has 4 heteroatoms. The Balaban J connectivity index is 1.60. The molecule has 1 saturated heterocycles. The Morgan fingerprint density at radius 3 is 2.79 bits per heavy atom. The molecule has 0 unspecified atom stereocenters. The summed E-state index contributed by atoms with van der Waals surface area (Å²) in [5, 5.41) is 3.54. The van der Waals surface area contributed by atoms with Gasteiger partial charge < -0.3 is 19.5 Å². The van der Waals surface area contributed by atoms with E-state index >= 15 is 0 Å². The molecule has 1 aromatic carbocycles. The van der Waals surface area contributed by atoms with Gasteiger partial charge in [0.05, 0.1) is 19.8 Å². The van der Waals surface area contributed by atoms with Gasteiger partial charge in [-0.2, -0.15) is 0 Å². The smallest absolute Gasteiger partial charge is 0.161 e. The highest BCUT2D eigenvalue weighted by Crippen LogP contribution is 2.30. The van der Waals surface area contributed by atoms with E-state index in [0.29, 0.717) is 6.04 Å². The van der Waals surface area contributed by atoms with Crippen LogP contribution >= 0.6 is 0 Å². The van der Waals surface area contributed by atoms with Crippen molar-refractivity contribution in [3.63, 3.8) is 0 Å². The molecule has 1 N–H and O–H groups in total. The minimum Gasteiger partial charge on any atom is -0.490 e.